The summed E-state index contributed by atoms with van der Waals surface area (Å²) in [5.41, 5.74) is 0.998. The van der Waals surface area contributed by atoms with Gasteiger partial charge in [0.1, 0.15) is 6.33 Å². The molecule has 136 valence electrons. The maximum Gasteiger partial charge on any atom is 0.328 e. The Morgan fingerprint density at radius 1 is 0.731 bits per heavy atom. The standard InChI is InChI=1S/C8H6N2.2C4H4O4/c1-2-4-8-7(3-1)5-9-6-10-8;2*5-3(6)1-2-4(7)8/h1-6H;2*1-2H,(H,5,6)(H,7,8)/b;2*2-1+. The highest BCUT2D eigenvalue weighted by molar-refractivity contribution is 5.90. The predicted molar refractivity (Wildman–Crippen MR) is 88.4 cm³/mol. The lowest BCUT2D eigenvalue weighted by atomic mass is 10.2. The lowest BCUT2D eigenvalue weighted by molar-refractivity contribution is -0.134. The molecule has 10 heteroatoms. The molecule has 0 spiro atoms. The van der Waals surface area contributed by atoms with Crippen LogP contribution in [0.3, 0.4) is 0 Å². The van der Waals surface area contributed by atoms with E-state index in [-0.39, 0.29) is 0 Å². The highest BCUT2D eigenvalue weighted by atomic mass is 16.4. The number of carbonyl (C=O) groups is 4. The third-order valence-electron chi connectivity index (χ3n) is 2.15. The summed E-state index contributed by atoms with van der Waals surface area (Å²) in [6.45, 7) is 0. The van der Waals surface area contributed by atoms with Crippen LogP contribution >= 0.6 is 0 Å². The molecule has 0 aliphatic heterocycles. The van der Waals surface area contributed by atoms with Gasteiger partial charge in [-0.05, 0) is 6.07 Å². The molecule has 2 aromatic rings. The predicted octanol–water partition coefficient (Wildman–Crippen LogP) is 1.05. The second-order valence-corrected chi connectivity index (χ2v) is 4.10. The Balaban J connectivity index is 0.000000366. The van der Waals surface area contributed by atoms with Crippen LogP contribution in [0.4, 0.5) is 0 Å². The minimum atomic E-state index is -1.26. The van der Waals surface area contributed by atoms with Crippen LogP contribution in [0.25, 0.3) is 10.9 Å². The minimum Gasteiger partial charge on any atom is -0.478 e. The van der Waals surface area contributed by atoms with Crippen LogP contribution in [0.2, 0.25) is 0 Å². The number of hydrogen-bond donors (Lipinski definition) is 4. The molecule has 0 aliphatic rings. The molecule has 1 heterocycles. The van der Waals surface area contributed by atoms with Crippen molar-refractivity contribution in [2.75, 3.05) is 0 Å². The van der Waals surface area contributed by atoms with E-state index in [9.17, 15) is 19.2 Å². The lowest BCUT2D eigenvalue weighted by Crippen LogP contribution is -1.91. The Kier molecular flexibility index (Phi) is 10.4. The normalized spacial score (nSPS) is 9.69. The first-order chi connectivity index (χ1) is 12.2. The zero-order chi connectivity index (χ0) is 19.9. The van der Waals surface area contributed by atoms with Crippen LogP contribution in [-0.2, 0) is 19.2 Å². The SMILES string of the molecule is O=C(O)/C=C/C(=O)O.O=C(O)/C=C/C(=O)O.c1ccc2ncncc2c1. The van der Waals surface area contributed by atoms with Gasteiger partial charge in [-0.2, -0.15) is 0 Å². The van der Waals surface area contributed by atoms with E-state index in [1.54, 1.807) is 6.33 Å². The first-order valence-corrected chi connectivity index (χ1v) is 6.65. The van der Waals surface area contributed by atoms with Gasteiger partial charge in [0, 0.05) is 35.9 Å². The van der Waals surface area contributed by atoms with Gasteiger partial charge >= 0.3 is 23.9 Å². The van der Waals surface area contributed by atoms with Crippen molar-refractivity contribution in [3.8, 4) is 0 Å². The molecule has 0 atom stereocenters. The number of nitrogens with zero attached hydrogens (tertiary/aromatic N) is 2. The zero-order valence-electron chi connectivity index (χ0n) is 13.1. The van der Waals surface area contributed by atoms with Gasteiger partial charge in [0.05, 0.1) is 5.52 Å². The maximum atomic E-state index is 9.55. The smallest absolute Gasteiger partial charge is 0.328 e. The zero-order valence-corrected chi connectivity index (χ0v) is 13.1. The highest BCUT2D eigenvalue weighted by Gasteiger charge is 1.89. The minimum absolute atomic E-state index is 0.558. The Morgan fingerprint density at radius 2 is 1.15 bits per heavy atom. The van der Waals surface area contributed by atoms with Crippen LogP contribution in [0.1, 0.15) is 0 Å². The fraction of sp³-hybridized carbons (Fsp3) is 0. The number of rotatable bonds is 4. The average molecular weight is 362 g/mol. The molecule has 10 nitrogen and oxygen atoms in total. The second-order valence-electron chi connectivity index (χ2n) is 4.10. The molecule has 2 rings (SSSR count). The van der Waals surface area contributed by atoms with E-state index in [4.69, 9.17) is 20.4 Å². The topological polar surface area (TPSA) is 175 Å². The number of aromatic nitrogens is 2. The van der Waals surface area contributed by atoms with E-state index in [2.05, 4.69) is 9.97 Å². The first kappa shape index (κ1) is 21.9. The molecule has 1 aromatic carbocycles. The second kappa shape index (κ2) is 12.4. The van der Waals surface area contributed by atoms with Crippen molar-refractivity contribution in [2.24, 2.45) is 0 Å². The van der Waals surface area contributed by atoms with Crippen molar-refractivity contribution in [1.82, 2.24) is 9.97 Å². The van der Waals surface area contributed by atoms with Crippen molar-refractivity contribution in [3.63, 3.8) is 0 Å². The van der Waals surface area contributed by atoms with Crippen molar-refractivity contribution >= 4 is 34.8 Å². The molecule has 1 aromatic heterocycles. The van der Waals surface area contributed by atoms with E-state index < -0.39 is 23.9 Å². The molecule has 4 N–H and O–H groups in total. The fourth-order valence-electron chi connectivity index (χ4n) is 1.21. The number of para-hydroxylation sites is 1. The summed E-state index contributed by atoms with van der Waals surface area (Å²) in [6, 6.07) is 7.91. The number of hydrogen-bond acceptors (Lipinski definition) is 6. The number of aliphatic carboxylic acids is 4. The summed E-state index contributed by atoms with van der Waals surface area (Å²) in [5, 5.41) is 32.3. The molecular formula is C16H14N2O8. The number of carboxylic acid groups (broad SMARTS) is 4. The first-order valence-electron chi connectivity index (χ1n) is 6.65. The van der Waals surface area contributed by atoms with Crippen molar-refractivity contribution in [1.29, 1.82) is 0 Å². The maximum absolute atomic E-state index is 9.55. The third kappa shape index (κ3) is 12.5. The molecule has 0 saturated heterocycles. The quantitative estimate of drug-likeness (QED) is 0.575. The summed E-state index contributed by atoms with van der Waals surface area (Å²) in [6.07, 6.45) is 5.60. The molecule has 0 saturated carbocycles. The summed E-state index contributed by atoms with van der Waals surface area (Å²) < 4.78 is 0. The van der Waals surface area contributed by atoms with Gasteiger partial charge in [0.15, 0.2) is 0 Å². The van der Waals surface area contributed by atoms with E-state index in [0.717, 1.165) is 10.9 Å². The summed E-state index contributed by atoms with van der Waals surface area (Å²) in [4.78, 5) is 46.2. The Labute approximate surface area is 146 Å². The van der Waals surface area contributed by atoms with E-state index >= 15 is 0 Å². The summed E-state index contributed by atoms with van der Waals surface area (Å²) >= 11 is 0. The monoisotopic (exact) mass is 362 g/mol. The molecule has 26 heavy (non-hydrogen) atoms. The van der Waals surface area contributed by atoms with Gasteiger partial charge in [0.25, 0.3) is 0 Å². The third-order valence-corrected chi connectivity index (χ3v) is 2.15. The van der Waals surface area contributed by atoms with Gasteiger partial charge in [-0.1, -0.05) is 18.2 Å². The van der Waals surface area contributed by atoms with Crippen LogP contribution in [-0.4, -0.2) is 54.3 Å². The molecule has 0 fully saturated rings. The molecule has 0 aliphatic carbocycles. The van der Waals surface area contributed by atoms with E-state index in [1.807, 2.05) is 30.5 Å². The molecule has 0 unspecified atom stereocenters. The molecule has 0 bridgehead atoms. The van der Waals surface area contributed by atoms with E-state index in [1.165, 1.54) is 0 Å². The van der Waals surface area contributed by atoms with Gasteiger partial charge in [-0.25, -0.2) is 29.1 Å². The number of carboxylic acids is 4. The van der Waals surface area contributed by atoms with Crippen LogP contribution in [0.5, 0.6) is 0 Å². The van der Waals surface area contributed by atoms with Gasteiger partial charge in [-0.15, -0.1) is 0 Å². The summed E-state index contributed by atoms with van der Waals surface area (Å²) in [7, 11) is 0. The number of benzene rings is 1. The Morgan fingerprint density at radius 3 is 1.54 bits per heavy atom. The highest BCUT2D eigenvalue weighted by Crippen LogP contribution is 2.06. The van der Waals surface area contributed by atoms with Crippen LogP contribution in [0.15, 0.2) is 61.1 Å². The van der Waals surface area contributed by atoms with Gasteiger partial charge < -0.3 is 20.4 Å². The largest absolute Gasteiger partial charge is 0.478 e. The van der Waals surface area contributed by atoms with E-state index in [0.29, 0.717) is 24.3 Å². The molecular weight excluding hydrogens is 348 g/mol. The Hall–Kier alpha value is -4.08. The van der Waals surface area contributed by atoms with Crippen molar-refractivity contribution < 1.29 is 39.6 Å². The van der Waals surface area contributed by atoms with Gasteiger partial charge in [0.2, 0.25) is 0 Å². The van der Waals surface area contributed by atoms with Crippen LogP contribution < -0.4 is 0 Å². The Bertz CT molecular complexity index is 698. The molecule has 0 amide bonds. The van der Waals surface area contributed by atoms with Gasteiger partial charge in [-0.3, -0.25) is 0 Å². The average Bonchev–Trinajstić information content (AvgIpc) is 2.59. The van der Waals surface area contributed by atoms with Crippen molar-refractivity contribution in [3.05, 3.63) is 61.1 Å². The van der Waals surface area contributed by atoms with Crippen molar-refractivity contribution in [2.45, 2.75) is 0 Å². The van der Waals surface area contributed by atoms with Crippen LogP contribution in [0, 0.1) is 0 Å². The molecule has 0 radical (unpaired) electrons. The number of fused-ring (bicyclic) bond motifs is 1. The lowest BCUT2D eigenvalue weighted by Gasteiger charge is -1.90. The fourth-order valence-corrected chi connectivity index (χ4v) is 1.21. The summed E-state index contributed by atoms with van der Waals surface area (Å²) in [5.74, 6) is -5.03.